The van der Waals surface area contributed by atoms with Crippen LogP contribution in [0.3, 0.4) is 0 Å². The van der Waals surface area contributed by atoms with Gasteiger partial charge in [-0.3, -0.25) is 14.5 Å². The normalized spacial score (nSPS) is 17.3. The van der Waals surface area contributed by atoms with Crippen molar-refractivity contribution in [3.8, 4) is 11.5 Å². The SMILES string of the molecule is COC(=O)c1ccc([C@@H]2C(=C(O)c3ccc4c(c3)OCCO4)C(=O)C(=O)N2c2nnc(SCc3ccc(C)cc3)s2)cc1. The molecule has 1 amide bonds. The average molecular weight is 616 g/mol. The quantitative estimate of drug-likeness (QED) is 0.0728. The Bertz CT molecular complexity index is 1750. The second-order valence-electron chi connectivity index (χ2n) is 9.77. The van der Waals surface area contributed by atoms with E-state index in [9.17, 15) is 19.5 Å². The number of aliphatic hydroxyl groups excluding tert-OH is 1. The first-order valence-electron chi connectivity index (χ1n) is 13.2. The van der Waals surface area contributed by atoms with Gasteiger partial charge in [-0.25, -0.2) is 4.79 Å². The number of thioether (sulfide) groups is 1. The van der Waals surface area contributed by atoms with Gasteiger partial charge < -0.3 is 19.3 Å². The molecule has 218 valence electrons. The van der Waals surface area contributed by atoms with Crippen LogP contribution in [0.5, 0.6) is 11.5 Å². The molecule has 12 heteroatoms. The third-order valence-corrected chi connectivity index (χ3v) is 9.12. The molecule has 2 aliphatic heterocycles. The second-order valence-corrected chi connectivity index (χ2v) is 11.9. The lowest BCUT2D eigenvalue weighted by molar-refractivity contribution is -0.132. The molecule has 43 heavy (non-hydrogen) atoms. The first-order valence-corrected chi connectivity index (χ1v) is 15.1. The van der Waals surface area contributed by atoms with Crippen LogP contribution in [0.4, 0.5) is 5.13 Å². The first-order chi connectivity index (χ1) is 20.8. The first kappa shape index (κ1) is 28.4. The van der Waals surface area contributed by atoms with E-state index >= 15 is 0 Å². The molecule has 4 aromatic rings. The van der Waals surface area contributed by atoms with Crippen LogP contribution in [-0.4, -0.2) is 53.3 Å². The zero-order chi connectivity index (χ0) is 30.1. The summed E-state index contributed by atoms with van der Waals surface area (Å²) in [7, 11) is 1.28. The maximum atomic E-state index is 13.6. The number of ketones is 1. The molecule has 1 saturated heterocycles. The maximum absolute atomic E-state index is 13.6. The van der Waals surface area contributed by atoms with Crippen molar-refractivity contribution < 1.29 is 33.7 Å². The number of benzene rings is 3. The Morgan fingerprint density at radius 3 is 2.42 bits per heavy atom. The third kappa shape index (κ3) is 5.58. The lowest BCUT2D eigenvalue weighted by Gasteiger charge is -2.23. The second kappa shape index (κ2) is 11.9. The Morgan fingerprint density at radius 1 is 1.00 bits per heavy atom. The van der Waals surface area contributed by atoms with Gasteiger partial charge in [-0.15, -0.1) is 10.2 Å². The highest BCUT2D eigenvalue weighted by molar-refractivity contribution is 8.00. The van der Waals surface area contributed by atoms with Gasteiger partial charge in [0.1, 0.15) is 19.0 Å². The Hall–Kier alpha value is -4.68. The van der Waals surface area contributed by atoms with E-state index in [4.69, 9.17) is 14.2 Å². The number of hydrogen-bond acceptors (Lipinski definition) is 11. The van der Waals surface area contributed by atoms with Crippen LogP contribution < -0.4 is 14.4 Å². The predicted molar refractivity (Wildman–Crippen MR) is 161 cm³/mol. The van der Waals surface area contributed by atoms with Gasteiger partial charge in [-0.1, -0.05) is 65.1 Å². The largest absolute Gasteiger partial charge is 0.507 e. The molecule has 0 bridgehead atoms. The number of hydrogen-bond donors (Lipinski definition) is 1. The smallest absolute Gasteiger partial charge is 0.337 e. The molecule has 1 fully saturated rings. The maximum Gasteiger partial charge on any atom is 0.337 e. The summed E-state index contributed by atoms with van der Waals surface area (Å²) in [4.78, 5) is 40.4. The Balaban J connectivity index is 1.39. The molecule has 0 saturated carbocycles. The molecule has 0 radical (unpaired) electrons. The molecular formula is C31H25N3O7S2. The summed E-state index contributed by atoms with van der Waals surface area (Å²) in [6.45, 7) is 2.77. The van der Waals surface area contributed by atoms with E-state index < -0.39 is 23.7 Å². The molecule has 0 unspecified atom stereocenters. The number of fused-ring (bicyclic) bond motifs is 1. The molecule has 2 aliphatic rings. The highest BCUT2D eigenvalue weighted by Gasteiger charge is 2.48. The lowest BCUT2D eigenvalue weighted by atomic mass is 9.94. The van der Waals surface area contributed by atoms with Gasteiger partial charge >= 0.3 is 11.9 Å². The zero-order valence-corrected chi connectivity index (χ0v) is 24.7. The number of carbonyl (C=O) groups is 3. The molecule has 0 spiro atoms. The number of aryl methyl sites for hydroxylation is 1. The zero-order valence-electron chi connectivity index (χ0n) is 23.1. The van der Waals surface area contributed by atoms with Gasteiger partial charge in [0, 0.05) is 11.3 Å². The van der Waals surface area contributed by atoms with Crippen molar-refractivity contribution in [2.24, 2.45) is 0 Å². The summed E-state index contributed by atoms with van der Waals surface area (Å²) >= 11 is 2.64. The highest BCUT2D eigenvalue weighted by atomic mass is 32.2. The number of aromatic nitrogens is 2. The van der Waals surface area contributed by atoms with Crippen LogP contribution in [0.1, 0.15) is 38.7 Å². The Labute approximate surface area is 254 Å². The number of carbonyl (C=O) groups excluding carboxylic acids is 3. The summed E-state index contributed by atoms with van der Waals surface area (Å²) in [5.41, 5.74) is 3.20. The molecule has 1 N–H and O–H groups in total. The van der Waals surface area contributed by atoms with Crippen LogP contribution in [0.25, 0.3) is 5.76 Å². The van der Waals surface area contributed by atoms with E-state index in [0.717, 1.165) is 11.1 Å². The number of ether oxygens (including phenoxy) is 3. The van der Waals surface area contributed by atoms with E-state index in [2.05, 4.69) is 10.2 Å². The van der Waals surface area contributed by atoms with E-state index in [-0.39, 0.29) is 22.0 Å². The summed E-state index contributed by atoms with van der Waals surface area (Å²) in [6, 6.07) is 18.2. The fraction of sp³-hybridized carbons (Fsp3) is 0.194. The van der Waals surface area contributed by atoms with Crippen molar-refractivity contribution in [3.63, 3.8) is 0 Å². The van der Waals surface area contributed by atoms with Crippen LogP contribution in [0.15, 0.2) is 76.6 Å². The number of methoxy groups -OCH3 is 1. The van der Waals surface area contributed by atoms with E-state index in [1.165, 1.54) is 47.2 Å². The van der Waals surface area contributed by atoms with Gasteiger partial charge in [0.05, 0.1) is 24.3 Å². The number of amides is 1. The summed E-state index contributed by atoms with van der Waals surface area (Å²) in [5, 5.41) is 20.2. The van der Waals surface area contributed by atoms with Crippen LogP contribution >= 0.6 is 23.1 Å². The summed E-state index contributed by atoms with van der Waals surface area (Å²) in [5.74, 6) is -1.05. The van der Waals surface area contributed by atoms with Crippen molar-refractivity contribution in [2.75, 3.05) is 25.2 Å². The van der Waals surface area contributed by atoms with E-state index in [1.807, 2.05) is 31.2 Å². The molecule has 6 rings (SSSR count). The summed E-state index contributed by atoms with van der Waals surface area (Å²) < 4.78 is 16.6. The fourth-order valence-corrected chi connectivity index (χ4v) is 6.62. The van der Waals surface area contributed by atoms with Gasteiger partial charge in [-0.2, -0.15) is 0 Å². The lowest BCUT2D eigenvalue weighted by Crippen LogP contribution is -2.29. The number of aliphatic hydroxyl groups is 1. The molecule has 10 nitrogen and oxygen atoms in total. The number of Topliss-reactive ketones (excluding diaryl/α,β-unsaturated/α-hetero) is 1. The average Bonchev–Trinajstić information content (AvgIpc) is 3.61. The van der Waals surface area contributed by atoms with Gasteiger partial charge in [0.15, 0.2) is 15.8 Å². The van der Waals surface area contributed by atoms with Crippen molar-refractivity contribution in [1.29, 1.82) is 0 Å². The van der Waals surface area contributed by atoms with E-state index in [1.54, 1.807) is 30.3 Å². The predicted octanol–water partition coefficient (Wildman–Crippen LogP) is 5.32. The molecule has 1 atom stereocenters. The molecule has 3 aromatic carbocycles. The minimum atomic E-state index is -1.04. The van der Waals surface area contributed by atoms with Crippen molar-refractivity contribution in [2.45, 2.75) is 23.1 Å². The molecular weight excluding hydrogens is 590 g/mol. The van der Waals surface area contributed by atoms with Gasteiger partial charge in [-0.05, 0) is 48.4 Å². The monoisotopic (exact) mass is 615 g/mol. The fourth-order valence-electron chi connectivity index (χ4n) is 4.80. The number of nitrogens with zero attached hydrogens (tertiary/aromatic N) is 3. The van der Waals surface area contributed by atoms with Crippen LogP contribution in [0.2, 0.25) is 0 Å². The van der Waals surface area contributed by atoms with Crippen LogP contribution in [0, 0.1) is 6.92 Å². The standard InChI is InChI=1S/C31H25N3O7S2/c1-17-3-5-18(6-4-17)16-42-31-33-32-30(43-31)34-25(19-7-9-20(10-8-19)29(38)39-2)24(27(36)28(34)37)26(35)21-11-12-22-23(15-21)41-14-13-40-22/h3-12,15,25,35H,13-14,16H2,1-2H3/t25-/m1/s1. The summed E-state index contributed by atoms with van der Waals surface area (Å²) in [6.07, 6.45) is 0. The van der Waals surface area contributed by atoms with Crippen molar-refractivity contribution in [1.82, 2.24) is 10.2 Å². The number of esters is 1. The van der Waals surface area contributed by atoms with Gasteiger partial charge in [0.25, 0.3) is 5.78 Å². The molecule has 3 heterocycles. The molecule has 0 aliphatic carbocycles. The van der Waals surface area contributed by atoms with Crippen LogP contribution in [-0.2, 0) is 20.1 Å². The Morgan fingerprint density at radius 2 is 1.70 bits per heavy atom. The molecule has 1 aromatic heterocycles. The minimum absolute atomic E-state index is 0.128. The number of anilines is 1. The van der Waals surface area contributed by atoms with Crippen molar-refractivity contribution in [3.05, 3.63) is 100 Å². The Kier molecular flexibility index (Phi) is 7.87. The number of rotatable bonds is 7. The van der Waals surface area contributed by atoms with Crippen molar-refractivity contribution >= 4 is 51.6 Å². The minimum Gasteiger partial charge on any atom is -0.507 e. The van der Waals surface area contributed by atoms with E-state index in [0.29, 0.717) is 45.9 Å². The highest BCUT2D eigenvalue weighted by Crippen LogP contribution is 2.45. The topological polar surface area (TPSA) is 128 Å². The van der Waals surface area contributed by atoms with Gasteiger partial charge in [0.2, 0.25) is 5.13 Å². The third-order valence-electron chi connectivity index (χ3n) is 6.99.